The maximum Gasteiger partial charge on any atom is 0.270 e. The second kappa shape index (κ2) is 4.18. The smallest absolute Gasteiger partial charge is 0.270 e. The van der Waals surface area contributed by atoms with Gasteiger partial charge >= 0.3 is 0 Å². The van der Waals surface area contributed by atoms with Gasteiger partial charge in [0.2, 0.25) is 0 Å². The number of aliphatic hydroxyl groups is 1. The van der Waals surface area contributed by atoms with Crippen LogP contribution in [0.25, 0.3) is 10.2 Å². The topological polar surface area (TPSA) is 79.5 Å². The van der Waals surface area contributed by atoms with Gasteiger partial charge in [-0.15, -0.1) is 0 Å². The summed E-state index contributed by atoms with van der Waals surface area (Å²) in [6.07, 6.45) is 0.446. The van der Waals surface area contributed by atoms with Gasteiger partial charge in [-0.2, -0.15) is 0 Å². The third-order valence-electron chi connectivity index (χ3n) is 3.01. The zero-order valence-corrected chi connectivity index (χ0v) is 10.3. The van der Waals surface area contributed by atoms with Crippen molar-refractivity contribution in [2.45, 2.75) is 12.5 Å². The SMILES string of the molecule is O=[N+]([O-])c1ccc2nc(N3CC[C@@H](O)C3)sc2c1. The van der Waals surface area contributed by atoms with E-state index in [2.05, 4.69) is 4.98 Å². The third-order valence-corrected chi connectivity index (χ3v) is 4.08. The molecule has 6 nitrogen and oxygen atoms in total. The lowest BCUT2D eigenvalue weighted by atomic mass is 10.3. The van der Waals surface area contributed by atoms with E-state index in [4.69, 9.17) is 0 Å². The molecule has 1 fully saturated rings. The molecule has 1 N–H and O–H groups in total. The van der Waals surface area contributed by atoms with E-state index < -0.39 is 4.92 Å². The molecule has 1 aromatic heterocycles. The van der Waals surface area contributed by atoms with Crippen LogP contribution in [0.3, 0.4) is 0 Å². The molecule has 0 amide bonds. The lowest BCUT2D eigenvalue weighted by Gasteiger charge is -2.12. The second-order valence-electron chi connectivity index (χ2n) is 4.29. The van der Waals surface area contributed by atoms with E-state index >= 15 is 0 Å². The van der Waals surface area contributed by atoms with Crippen LogP contribution in [-0.2, 0) is 0 Å². The van der Waals surface area contributed by atoms with Crippen molar-refractivity contribution in [1.29, 1.82) is 0 Å². The Hall–Kier alpha value is -1.73. The quantitative estimate of drug-likeness (QED) is 0.661. The van der Waals surface area contributed by atoms with Crippen molar-refractivity contribution in [3.8, 4) is 0 Å². The summed E-state index contributed by atoms with van der Waals surface area (Å²) in [4.78, 5) is 16.7. The number of thiazole rings is 1. The fourth-order valence-electron chi connectivity index (χ4n) is 2.07. The monoisotopic (exact) mass is 265 g/mol. The highest BCUT2D eigenvalue weighted by molar-refractivity contribution is 7.22. The largest absolute Gasteiger partial charge is 0.391 e. The van der Waals surface area contributed by atoms with Crippen LogP contribution in [0.1, 0.15) is 6.42 Å². The second-order valence-corrected chi connectivity index (χ2v) is 5.30. The highest BCUT2D eigenvalue weighted by atomic mass is 32.1. The Balaban J connectivity index is 1.98. The average Bonchev–Trinajstić information content (AvgIpc) is 2.93. The van der Waals surface area contributed by atoms with E-state index in [-0.39, 0.29) is 11.8 Å². The van der Waals surface area contributed by atoms with Crippen molar-refractivity contribution in [3.05, 3.63) is 28.3 Å². The molecule has 1 saturated heterocycles. The van der Waals surface area contributed by atoms with E-state index in [1.165, 1.54) is 17.4 Å². The Morgan fingerprint density at radius 2 is 2.39 bits per heavy atom. The highest BCUT2D eigenvalue weighted by Gasteiger charge is 2.23. The fourth-order valence-corrected chi connectivity index (χ4v) is 3.10. The molecular weight excluding hydrogens is 254 g/mol. The Kier molecular flexibility index (Phi) is 2.64. The van der Waals surface area contributed by atoms with Crippen molar-refractivity contribution < 1.29 is 10.0 Å². The summed E-state index contributed by atoms with van der Waals surface area (Å²) in [7, 11) is 0. The minimum absolute atomic E-state index is 0.0826. The number of benzene rings is 1. The number of aliphatic hydroxyl groups excluding tert-OH is 1. The number of nitrogens with zero attached hydrogens (tertiary/aromatic N) is 3. The van der Waals surface area contributed by atoms with E-state index in [9.17, 15) is 15.2 Å². The van der Waals surface area contributed by atoms with Crippen LogP contribution in [0.4, 0.5) is 10.8 Å². The lowest BCUT2D eigenvalue weighted by molar-refractivity contribution is -0.384. The standard InChI is InChI=1S/C11H11N3O3S/c15-8-3-4-13(6-8)11-12-9-2-1-7(14(16)17)5-10(9)18-11/h1-2,5,8,15H,3-4,6H2/t8-/m1/s1. The van der Waals surface area contributed by atoms with Crippen molar-refractivity contribution in [3.63, 3.8) is 0 Å². The molecule has 1 aliphatic heterocycles. The van der Waals surface area contributed by atoms with Gasteiger partial charge in [-0.25, -0.2) is 4.98 Å². The van der Waals surface area contributed by atoms with Crippen molar-refractivity contribution in [2.75, 3.05) is 18.0 Å². The van der Waals surface area contributed by atoms with E-state index in [0.29, 0.717) is 6.54 Å². The molecule has 0 saturated carbocycles. The molecule has 0 aliphatic carbocycles. The molecule has 1 atom stereocenters. The summed E-state index contributed by atoms with van der Waals surface area (Å²) >= 11 is 1.43. The van der Waals surface area contributed by atoms with Crippen LogP contribution >= 0.6 is 11.3 Å². The van der Waals surface area contributed by atoms with Crippen molar-refractivity contribution in [2.24, 2.45) is 0 Å². The zero-order chi connectivity index (χ0) is 12.7. The summed E-state index contributed by atoms with van der Waals surface area (Å²) in [6.45, 7) is 1.37. The summed E-state index contributed by atoms with van der Waals surface area (Å²) in [5.74, 6) is 0. The van der Waals surface area contributed by atoms with Gasteiger partial charge in [0.05, 0.1) is 21.2 Å². The molecule has 2 aromatic rings. The average molecular weight is 265 g/mol. The number of nitro groups is 1. The number of rotatable bonds is 2. The Morgan fingerprint density at radius 1 is 1.56 bits per heavy atom. The molecule has 2 heterocycles. The van der Waals surface area contributed by atoms with Gasteiger partial charge in [0, 0.05) is 25.2 Å². The number of hydrogen-bond acceptors (Lipinski definition) is 6. The van der Waals surface area contributed by atoms with Crippen molar-refractivity contribution >= 4 is 32.4 Å². The van der Waals surface area contributed by atoms with Gasteiger partial charge < -0.3 is 10.0 Å². The summed E-state index contributed by atoms with van der Waals surface area (Å²) in [5.41, 5.74) is 0.848. The number of β-amino-alcohol motifs (C(OH)–C–C–N with tert-alkyl or cyclic N) is 1. The van der Waals surface area contributed by atoms with Gasteiger partial charge in [-0.05, 0) is 12.5 Å². The maximum absolute atomic E-state index is 10.7. The number of aromatic nitrogens is 1. The molecule has 3 rings (SSSR count). The Morgan fingerprint density at radius 3 is 3.06 bits per heavy atom. The minimum atomic E-state index is -0.404. The van der Waals surface area contributed by atoms with Gasteiger partial charge in [-0.1, -0.05) is 11.3 Å². The first kappa shape index (κ1) is 11.4. The first-order valence-electron chi connectivity index (χ1n) is 5.61. The molecule has 18 heavy (non-hydrogen) atoms. The molecule has 1 aromatic carbocycles. The molecule has 94 valence electrons. The molecule has 0 radical (unpaired) electrons. The maximum atomic E-state index is 10.7. The molecule has 0 bridgehead atoms. The summed E-state index contributed by atoms with van der Waals surface area (Å²) < 4.78 is 0.806. The summed E-state index contributed by atoms with van der Waals surface area (Å²) in [6, 6.07) is 4.67. The van der Waals surface area contributed by atoms with Crippen LogP contribution in [0.2, 0.25) is 0 Å². The van der Waals surface area contributed by atoms with Crippen molar-refractivity contribution in [1.82, 2.24) is 4.98 Å². The minimum Gasteiger partial charge on any atom is -0.391 e. The number of non-ortho nitro benzene ring substituents is 1. The molecule has 7 heteroatoms. The van der Waals surface area contributed by atoms with Gasteiger partial charge in [0.1, 0.15) is 0 Å². The Labute approximate surface area is 107 Å². The van der Waals surface area contributed by atoms with E-state index in [1.807, 2.05) is 4.90 Å². The lowest BCUT2D eigenvalue weighted by Crippen LogP contribution is -2.20. The number of fused-ring (bicyclic) bond motifs is 1. The molecule has 1 aliphatic rings. The predicted molar refractivity (Wildman–Crippen MR) is 69.1 cm³/mol. The number of anilines is 1. The van der Waals surface area contributed by atoms with Crippen LogP contribution in [0.5, 0.6) is 0 Å². The van der Waals surface area contributed by atoms with E-state index in [1.54, 1.807) is 12.1 Å². The predicted octanol–water partition coefficient (Wildman–Crippen LogP) is 1.78. The fraction of sp³-hybridized carbons (Fsp3) is 0.364. The van der Waals surface area contributed by atoms with Crippen LogP contribution in [0.15, 0.2) is 18.2 Å². The molecular formula is C11H11N3O3S. The normalized spacial score (nSPS) is 19.6. The van der Waals surface area contributed by atoms with Crippen LogP contribution in [-0.4, -0.2) is 34.2 Å². The number of hydrogen-bond donors (Lipinski definition) is 1. The van der Waals surface area contributed by atoms with Gasteiger partial charge in [0.15, 0.2) is 5.13 Å². The van der Waals surface area contributed by atoms with Gasteiger partial charge in [-0.3, -0.25) is 10.1 Å². The molecule has 0 unspecified atom stereocenters. The van der Waals surface area contributed by atoms with E-state index in [0.717, 1.165) is 28.3 Å². The molecule has 0 spiro atoms. The first-order valence-corrected chi connectivity index (χ1v) is 6.43. The van der Waals surface area contributed by atoms with Crippen LogP contribution < -0.4 is 4.90 Å². The van der Waals surface area contributed by atoms with Crippen LogP contribution in [0, 0.1) is 10.1 Å². The highest BCUT2D eigenvalue weighted by Crippen LogP contribution is 2.32. The first-order chi connectivity index (χ1) is 8.63. The summed E-state index contributed by atoms with van der Waals surface area (Å²) in [5, 5.41) is 21.0. The Bertz CT molecular complexity index is 613. The third kappa shape index (κ3) is 1.91. The number of nitro benzene ring substituents is 1. The van der Waals surface area contributed by atoms with Gasteiger partial charge in [0.25, 0.3) is 5.69 Å². The zero-order valence-electron chi connectivity index (χ0n) is 9.44.